The molecule has 60 valence electrons. The largest absolute Gasteiger partial charge is 0.309 e. The van der Waals surface area contributed by atoms with Gasteiger partial charge in [-0.15, -0.1) is 0 Å². The van der Waals surface area contributed by atoms with Crippen molar-refractivity contribution in [2.24, 2.45) is 5.92 Å². The monoisotopic (exact) mass is 145 g/mol. The first-order valence-corrected chi connectivity index (χ1v) is 4.01. The molecule has 1 fully saturated rings. The summed E-state index contributed by atoms with van der Waals surface area (Å²) >= 11 is 0. The lowest BCUT2D eigenvalue weighted by Crippen LogP contribution is -2.53. The summed E-state index contributed by atoms with van der Waals surface area (Å²) in [7, 11) is 0. The maximum Gasteiger partial charge on any atom is 0.118 e. The summed E-state index contributed by atoms with van der Waals surface area (Å²) in [4.78, 5) is 0. The SMILES string of the molecule is CC(C)N[C@H]1C[C@H](C)[C@@H]1F. The van der Waals surface area contributed by atoms with E-state index in [1.807, 2.05) is 6.92 Å². The van der Waals surface area contributed by atoms with E-state index in [1.165, 1.54) is 0 Å². The van der Waals surface area contributed by atoms with E-state index in [1.54, 1.807) is 0 Å². The van der Waals surface area contributed by atoms with Gasteiger partial charge in [0.15, 0.2) is 0 Å². The summed E-state index contributed by atoms with van der Waals surface area (Å²) in [6.07, 6.45) is 0.390. The number of hydrogen-bond donors (Lipinski definition) is 1. The van der Waals surface area contributed by atoms with Crippen molar-refractivity contribution in [1.82, 2.24) is 5.32 Å². The molecule has 1 nitrogen and oxygen atoms in total. The van der Waals surface area contributed by atoms with Gasteiger partial charge in [0.1, 0.15) is 6.17 Å². The predicted octanol–water partition coefficient (Wildman–Crippen LogP) is 1.73. The first-order chi connectivity index (χ1) is 4.61. The third-order valence-corrected chi connectivity index (χ3v) is 2.10. The highest BCUT2D eigenvalue weighted by atomic mass is 19.1. The first kappa shape index (κ1) is 7.99. The molecule has 1 saturated carbocycles. The van der Waals surface area contributed by atoms with Crippen molar-refractivity contribution in [3.63, 3.8) is 0 Å². The highest BCUT2D eigenvalue weighted by Crippen LogP contribution is 2.30. The van der Waals surface area contributed by atoms with Crippen LogP contribution in [0.1, 0.15) is 27.2 Å². The fourth-order valence-electron chi connectivity index (χ4n) is 1.45. The fraction of sp³-hybridized carbons (Fsp3) is 1.00. The highest BCUT2D eigenvalue weighted by molar-refractivity contribution is 4.93. The van der Waals surface area contributed by atoms with Crippen molar-refractivity contribution in [2.75, 3.05) is 0 Å². The molecule has 1 rings (SSSR count). The smallest absolute Gasteiger partial charge is 0.118 e. The normalized spacial score (nSPS) is 39.9. The second-order valence-corrected chi connectivity index (χ2v) is 3.59. The van der Waals surface area contributed by atoms with Crippen LogP contribution < -0.4 is 5.32 Å². The zero-order valence-corrected chi connectivity index (χ0v) is 6.89. The number of nitrogens with one attached hydrogen (secondary N) is 1. The number of alkyl halides is 1. The second-order valence-electron chi connectivity index (χ2n) is 3.59. The average molecular weight is 145 g/mol. The number of rotatable bonds is 2. The Hall–Kier alpha value is -0.110. The van der Waals surface area contributed by atoms with Gasteiger partial charge in [-0.2, -0.15) is 0 Å². The van der Waals surface area contributed by atoms with E-state index in [2.05, 4.69) is 19.2 Å². The van der Waals surface area contributed by atoms with Gasteiger partial charge in [0.05, 0.1) is 0 Å². The van der Waals surface area contributed by atoms with Crippen LogP contribution in [0.15, 0.2) is 0 Å². The molecule has 0 unspecified atom stereocenters. The van der Waals surface area contributed by atoms with Crippen LogP contribution in [-0.4, -0.2) is 18.3 Å². The minimum atomic E-state index is -0.609. The predicted molar refractivity (Wildman–Crippen MR) is 40.7 cm³/mol. The first-order valence-electron chi connectivity index (χ1n) is 4.01. The lowest BCUT2D eigenvalue weighted by Gasteiger charge is -2.39. The fourth-order valence-corrected chi connectivity index (χ4v) is 1.45. The Morgan fingerprint density at radius 2 is 2.10 bits per heavy atom. The van der Waals surface area contributed by atoms with Gasteiger partial charge in [0.25, 0.3) is 0 Å². The van der Waals surface area contributed by atoms with E-state index >= 15 is 0 Å². The Kier molecular flexibility index (Phi) is 2.29. The molecule has 0 saturated heterocycles. The minimum Gasteiger partial charge on any atom is -0.309 e. The van der Waals surface area contributed by atoms with Gasteiger partial charge < -0.3 is 5.32 Å². The molecule has 0 aromatic heterocycles. The van der Waals surface area contributed by atoms with Crippen molar-refractivity contribution < 1.29 is 4.39 Å². The van der Waals surface area contributed by atoms with Gasteiger partial charge in [-0.1, -0.05) is 20.8 Å². The molecule has 1 N–H and O–H groups in total. The Balaban J connectivity index is 2.20. The summed E-state index contributed by atoms with van der Waals surface area (Å²) in [6, 6.07) is 0.547. The highest BCUT2D eigenvalue weighted by Gasteiger charge is 2.37. The molecule has 1 aliphatic carbocycles. The molecule has 0 bridgehead atoms. The zero-order chi connectivity index (χ0) is 7.72. The summed E-state index contributed by atoms with van der Waals surface area (Å²) in [6.45, 7) is 6.06. The molecule has 0 spiro atoms. The molecular weight excluding hydrogens is 129 g/mol. The van der Waals surface area contributed by atoms with Crippen LogP contribution in [-0.2, 0) is 0 Å². The van der Waals surface area contributed by atoms with E-state index in [0.717, 1.165) is 6.42 Å². The van der Waals surface area contributed by atoms with Gasteiger partial charge in [-0.3, -0.25) is 0 Å². The van der Waals surface area contributed by atoms with Crippen LogP contribution in [0.2, 0.25) is 0 Å². The van der Waals surface area contributed by atoms with Crippen LogP contribution in [0.4, 0.5) is 4.39 Å². The Bertz CT molecular complexity index is 114. The lowest BCUT2D eigenvalue weighted by atomic mass is 9.79. The average Bonchev–Trinajstić information content (AvgIpc) is 1.86. The quantitative estimate of drug-likeness (QED) is 0.624. The second kappa shape index (κ2) is 2.87. The van der Waals surface area contributed by atoms with Crippen LogP contribution in [0.25, 0.3) is 0 Å². The Morgan fingerprint density at radius 3 is 2.40 bits per heavy atom. The number of hydrogen-bond acceptors (Lipinski definition) is 1. The number of halogens is 1. The molecule has 0 heterocycles. The van der Waals surface area contributed by atoms with E-state index in [-0.39, 0.29) is 12.0 Å². The molecule has 1 aliphatic rings. The van der Waals surface area contributed by atoms with Crippen molar-refractivity contribution in [1.29, 1.82) is 0 Å². The standard InChI is InChI=1S/C8H16FN/c1-5(2)10-7-4-6(3)8(7)9/h5-8,10H,4H2,1-3H3/t6-,7-,8-/m0/s1. The van der Waals surface area contributed by atoms with Crippen LogP contribution >= 0.6 is 0 Å². The maximum atomic E-state index is 12.9. The van der Waals surface area contributed by atoms with Gasteiger partial charge in [0.2, 0.25) is 0 Å². The Labute approximate surface area is 62.0 Å². The third kappa shape index (κ3) is 1.48. The van der Waals surface area contributed by atoms with E-state index < -0.39 is 6.17 Å². The van der Waals surface area contributed by atoms with Gasteiger partial charge in [-0.25, -0.2) is 4.39 Å². The molecule has 0 aromatic carbocycles. The van der Waals surface area contributed by atoms with E-state index in [9.17, 15) is 4.39 Å². The molecule has 3 atom stereocenters. The molecule has 0 radical (unpaired) electrons. The maximum absolute atomic E-state index is 12.9. The van der Waals surface area contributed by atoms with Crippen LogP contribution in [0.5, 0.6) is 0 Å². The van der Waals surface area contributed by atoms with Gasteiger partial charge in [0, 0.05) is 12.1 Å². The summed E-state index contributed by atoms with van der Waals surface area (Å²) in [5, 5.41) is 3.18. The van der Waals surface area contributed by atoms with Crippen LogP contribution in [0, 0.1) is 5.92 Å². The third-order valence-electron chi connectivity index (χ3n) is 2.10. The minimum absolute atomic E-state index is 0.134. The van der Waals surface area contributed by atoms with Crippen molar-refractivity contribution in [3.05, 3.63) is 0 Å². The van der Waals surface area contributed by atoms with Gasteiger partial charge in [-0.05, 0) is 12.3 Å². The van der Waals surface area contributed by atoms with Crippen molar-refractivity contribution >= 4 is 0 Å². The zero-order valence-electron chi connectivity index (χ0n) is 6.89. The topological polar surface area (TPSA) is 12.0 Å². The summed E-state index contributed by atoms with van der Waals surface area (Å²) < 4.78 is 12.9. The molecule has 2 heteroatoms. The molecule has 0 amide bonds. The summed E-state index contributed by atoms with van der Waals surface area (Å²) in [5.41, 5.74) is 0. The molecule has 0 aliphatic heterocycles. The van der Waals surface area contributed by atoms with Gasteiger partial charge >= 0.3 is 0 Å². The van der Waals surface area contributed by atoms with Crippen molar-refractivity contribution in [3.8, 4) is 0 Å². The van der Waals surface area contributed by atoms with E-state index in [4.69, 9.17) is 0 Å². The molecule has 10 heavy (non-hydrogen) atoms. The molecular formula is C8H16FN. The van der Waals surface area contributed by atoms with Crippen molar-refractivity contribution in [2.45, 2.75) is 45.4 Å². The Morgan fingerprint density at radius 1 is 1.50 bits per heavy atom. The lowest BCUT2D eigenvalue weighted by molar-refractivity contribution is 0.0663. The van der Waals surface area contributed by atoms with Crippen LogP contribution in [0.3, 0.4) is 0 Å². The summed E-state index contributed by atoms with van der Waals surface area (Å²) in [5.74, 6) is 0.274. The molecule has 0 aromatic rings. The van der Waals surface area contributed by atoms with E-state index in [0.29, 0.717) is 6.04 Å².